The van der Waals surface area contributed by atoms with Crippen LogP contribution < -0.4 is 15.2 Å². The first kappa shape index (κ1) is 23.7. The van der Waals surface area contributed by atoms with Crippen molar-refractivity contribution in [2.24, 2.45) is 0 Å². The summed E-state index contributed by atoms with van der Waals surface area (Å²) in [6.07, 6.45) is -2.93. The van der Waals surface area contributed by atoms with E-state index in [1.165, 1.54) is 19.2 Å². The van der Waals surface area contributed by atoms with Crippen molar-refractivity contribution in [2.75, 3.05) is 25.1 Å². The van der Waals surface area contributed by atoms with E-state index in [1.807, 2.05) is 0 Å². The predicted octanol–water partition coefficient (Wildman–Crippen LogP) is 4.64. The van der Waals surface area contributed by atoms with Gasteiger partial charge in [0.2, 0.25) is 0 Å². The number of hydrogen-bond acceptors (Lipinski definition) is 5. The second-order valence-corrected chi connectivity index (χ2v) is 9.22. The van der Waals surface area contributed by atoms with Crippen molar-refractivity contribution in [3.63, 3.8) is 0 Å². The van der Waals surface area contributed by atoms with Crippen LogP contribution >= 0.6 is 11.6 Å². The van der Waals surface area contributed by atoms with Crippen LogP contribution in [0, 0.1) is 0 Å². The molecule has 0 amide bonds. The van der Waals surface area contributed by atoms with Crippen LogP contribution in [-0.4, -0.2) is 41.2 Å². The lowest BCUT2D eigenvalue weighted by molar-refractivity contribution is -0.137. The molecule has 1 saturated heterocycles. The standard InChI is InChI=1S/C25H23ClF3N3O3/c1-35-22-11-14(5-8-20(22)26)23-17-3-2-4-18(17)24(34)32(30-23)21-12-15(31-10-9-16(33)13-31)6-7-19(21)25(27,28)29/h5-8,11-12,16,33H,2-4,9-10,13H2,1H3/t16-/m0/s1. The Morgan fingerprint density at radius 2 is 1.91 bits per heavy atom. The van der Waals surface area contributed by atoms with E-state index < -0.39 is 23.4 Å². The zero-order valence-electron chi connectivity index (χ0n) is 18.9. The summed E-state index contributed by atoms with van der Waals surface area (Å²) in [5.74, 6) is 0.404. The first-order valence-electron chi connectivity index (χ1n) is 11.3. The van der Waals surface area contributed by atoms with E-state index in [0.717, 1.165) is 16.3 Å². The topological polar surface area (TPSA) is 67.6 Å². The van der Waals surface area contributed by atoms with E-state index in [1.54, 1.807) is 23.1 Å². The Balaban J connectivity index is 1.74. The van der Waals surface area contributed by atoms with Gasteiger partial charge in [0.1, 0.15) is 5.75 Å². The molecular weight excluding hydrogens is 483 g/mol. The van der Waals surface area contributed by atoms with Gasteiger partial charge < -0.3 is 14.7 Å². The molecular formula is C25H23ClF3N3O3. The van der Waals surface area contributed by atoms with Gasteiger partial charge in [0.25, 0.3) is 5.56 Å². The Labute approximate surface area is 204 Å². The number of halogens is 4. The maximum absolute atomic E-state index is 14.0. The summed E-state index contributed by atoms with van der Waals surface area (Å²) in [5.41, 5.74) is 0.904. The highest BCUT2D eigenvalue weighted by Crippen LogP contribution is 2.38. The number of ether oxygens (including phenoxy) is 1. The molecule has 1 aliphatic carbocycles. The number of alkyl halides is 3. The molecule has 3 aromatic rings. The highest BCUT2D eigenvalue weighted by atomic mass is 35.5. The minimum atomic E-state index is -4.69. The fourth-order valence-electron chi connectivity index (χ4n) is 4.88. The second kappa shape index (κ2) is 8.87. The van der Waals surface area contributed by atoms with Gasteiger partial charge in [-0.05, 0) is 61.6 Å². The molecule has 5 rings (SSSR count). The van der Waals surface area contributed by atoms with Crippen molar-refractivity contribution in [1.82, 2.24) is 9.78 Å². The van der Waals surface area contributed by atoms with E-state index in [0.29, 0.717) is 72.1 Å². The molecule has 1 aliphatic heterocycles. The molecule has 184 valence electrons. The maximum atomic E-state index is 14.0. The molecule has 2 heterocycles. The van der Waals surface area contributed by atoms with Crippen LogP contribution in [0.15, 0.2) is 41.2 Å². The number of aliphatic hydroxyl groups is 1. The van der Waals surface area contributed by atoms with Crippen molar-refractivity contribution in [3.05, 3.63) is 68.5 Å². The fraction of sp³-hybridized carbons (Fsp3) is 0.360. The molecule has 2 aromatic carbocycles. The average Bonchev–Trinajstić information content (AvgIpc) is 3.49. The van der Waals surface area contributed by atoms with Gasteiger partial charge in [0.15, 0.2) is 0 Å². The van der Waals surface area contributed by atoms with Gasteiger partial charge in [-0.15, -0.1) is 0 Å². The van der Waals surface area contributed by atoms with Crippen LogP contribution in [0.2, 0.25) is 5.02 Å². The summed E-state index contributed by atoms with van der Waals surface area (Å²) < 4.78 is 48.3. The fourth-order valence-corrected chi connectivity index (χ4v) is 5.08. The lowest BCUT2D eigenvalue weighted by atomic mass is 10.0. The number of aliphatic hydroxyl groups excluding tert-OH is 1. The molecule has 0 saturated carbocycles. The minimum absolute atomic E-state index is 0.313. The summed E-state index contributed by atoms with van der Waals surface area (Å²) in [5, 5.41) is 14.8. The minimum Gasteiger partial charge on any atom is -0.495 e. The first-order chi connectivity index (χ1) is 16.7. The van der Waals surface area contributed by atoms with Crippen LogP contribution in [0.3, 0.4) is 0 Å². The van der Waals surface area contributed by atoms with Crippen LogP contribution in [0.4, 0.5) is 18.9 Å². The molecule has 1 atom stereocenters. The van der Waals surface area contributed by atoms with Crippen molar-refractivity contribution in [1.29, 1.82) is 0 Å². The molecule has 1 aromatic heterocycles. The van der Waals surface area contributed by atoms with E-state index in [9.17, 15) is 23.1 Å². The number of rotatable bonds is 4. The Hall–Kier alpha value is -3.04. The Morgan fingerprint density at radius 1 is 1.14 bits per heavy atom. The van der Waals surface area contributed by atoms with Gasteiger partial charge in [0.05, 0.1) is 35.2 Å². The van der Waals surface area contributed by atoms with Crippen molar-refractivity contribution >= 4 is 17.3 Å². The lowest BCUT2D eigenvalue weighted by Gasteiger charge is -2.22. The van der Waals surface area contributed by atoms with Crippen molar-refractivity contribution in [2.45, 2.75) is 38.0 Å². The quantitative estimate of drug-likeness (QED) is 0.559. The number of benzene rings is 2. The molecule has 0 unspecified atom stereocenters. The van der Waals surface area contributed by atoms with Gasteiger partial charge in [-0.3, -0.25) is 4.79 Å². The molecule has 0 spiro atoms. The zero-order valence-corrected chi connectivity index (χ0v) is 19.7. The van der Waals surface area contributed by atoms with E-state index in [4.69, 9.17) is 16.3 Å². The van der Waals surface area contributed by atoms with Crippen molar-refractivity contribution < 1.29 is 23.0 Å². The number of hydrogen-bond donors (Lipinski definition) is 1. The summed E-state index contributed by atoms with van der Waals surface area (Å²) in [6.45, 7) is 0.821. The third kappa shape index (κ3) is 4.27. The summed E-state index contributed by atoms with van der Waals surface area (Å²) in [7, 11) is 1.47. The lowest BCUT2D eigenvalue weighted by Crippen LogP contribution is -2.29. The highest BCUT2D eigenvalue weighted by Gasteiger charge is 2.36. The zero-order chi connectivity index (χ0) is 24.9. The average molecular weight is 506 g/mol. The normalized spacial score (nSPS) is 17.7. The maximum Gasteiger partial charge on any atom is 0.418 e. The number of β-amino-alcohol motifs (C(OH)–C–C–N with tert-alkyl or cyclic N) is 1. The number of nitrogens with zero attached hydrogens (tertiary/aromatic N) is 3. The van der Waals surface area contributed by atoms with E-state index >= 15 is 0 Å². The van der Waals surface area contributed by atoms with Gasteiger partial charge in [-0.2, -0.15) is 23.0 Å². The molecule has 6 nitrogen and oxygen atoms in total. The smallest absolute Gasteiger partial charge is 0.418 e. The van der Waals surface area contributed by atoms with Crippen LogP contribution in [0.1, 0.15) is 29.5 Å². The Morgan fingerprint density at radius 3 is 2.60 bits per heavy atom. The van der Waals surface area contributed by atoms with E-state index in [-0.39, 0.29) is 5.69 Å². The Kier molecular flexibility index (Phi) is 6.01. The molecule has 10 heteroatoms. The molecule has 35 heavy (non-hydrogen) atoms. The second-order valence-electron chi connectivity index (χ2n) is 8.81. The summed E-state index contributed by atoms with van der Waals surface area (Å²) >= 11 is 6.17. The summed E-state index contributed by atoms with van der Waals surface area (Å²) in [6, 6.07) is 8.70. The predicted molar refractivity (Wildman–Crippen MR) is 127 cm³/mol. The number of fused-ring (bicyclic) bond motifs is 1. The van der Waals surface area contributed by atoms with Crippen LogP contribution in [-0.2, 0) is 19.0 Å². The van der Waals surface area contributed by atoms with Gasteiger partial charge in [-0.25, -0.2) is 0 Å². The largest absolute Gasteiger partial charge is 0.495 e. The number of anilines is 1. The van der Waals surface area contributed by atoms with E-state index in [2.05, 4.69) is 5.10 Å². The molecule has 0 bridgehead atoms. The first-order valence-corrected chi connectivity index (χ1v) is 11.7. The number of methoxy groups -OCH3 is 1. The van der Waals surface area contributed by atoms with Crippen LogP contribution in [0.5, 0.6) is 5.75 Å². The van der Waals surface area contributed by atoms with Gasteiger partial charge >= 0.3 is 6.18 Å². The molecule has 1 N–H and O–H groups in total. The third-order valence-corrected chi connectivity index (χ3v) is 6.93. The number of aromatic nitrogens is 2. The third-order valence-electron chi connectivity index (χ3n) is 6.62. The highest BCUT2D eigenvalue weighted by molar-refractivity contribution is 6.32. The molecule has 1 fully saturated rings. The molecule has 0 radical (unpaired) electrons. The SMILES string of the molecule is COc1cc(-c2nn(-c3cc(N4CC[C@H](O)C4)ccc3C(F)(F)F)c(=O)c3c2CCC3)ccc1Cl. The monoisotopic (exact) mass is 505 g/mol. The van der Waals surface area contributed by atoms with Crippen molar-refractivity contribution in [3.8, 4) is 22.7 Å². The van der Waals surface area contributed by atoms with Gasteiger partial charge in [0, 0.05) is 29.9 Å². The van der Waals surface area contributed by atoms with Crippen LogP contribution in [0.25, 0.3) is 16.9 Å². The Bertz CT molecular complexity index is 1360. The summed E-state index contributed by atoms with van der Waals surface area (Å²) in [4.78, 5) is 15.2. The molecule has 2 aliphatic rings. The van der Waals surface area contributed by atoms with Gasteiger partial charge in [-0.1, -0.05) is 17.7 Å².